The summed E-state index contributed by atoms with van der Waals surface area (Å²) >= 11 is 0. The molecule has 0 saturated carbocycles. The van der Waals surface area contributed by atoms with Crippen LogP contribution in [-0.4, -0.2) is 10.9 Å². The van der Waals surface area contributed by atoms with Gasteiger partial charge < -0.3 is 5.32 Å². The summed E-state index contributed by atoms with van der Waals surface area (Å²) in [4.78, 5) is 19.0. The van der Waals surface area contributed by atoms with Gasteiger partial charge in [-0.05, 0) is 46.5 Å². The SMILES string of the molecule is O=C(NC(Cc1ccccc1)(c1cccc(C(F)(F)F)c1)c1ccccn1)C(c1ccccc1)c1ccccc1. The maximum atomic E-state index is 14.4. The molecule has 1 N–H and O–H groups in total. The first-order chi connectivity index (χ1) is 19.4. The minimum Gasteiger partial charge on any atom is -0.340 e. The molecule has 0 radical (unpaired) electrons. The number of aromatic nitrogens is 1. The monoisotopic (exact) mass is 536 g/mol. The predicted molar refractivity (Wildman–Crippen MR) is 149 cm³/mol. The molecule has 0 aliphatic heterocycles. The molecular weight excluding hydrogens is 509 g/mol. The van der Waals surface area contributed by atoms with Gasteiger partial charge in [-0.25, -0.2) is 0 Å². The van der Waals surface area contributed by atoms with Gasteiger partial charge in [-0.2, -0.15) is 13.2 Å². The number of benzene rings is 4. The second kappa shape index (κ2) is 11.6. The minimum atomic E-state index is -4.56. The summed E-state index contributed by atoms with van der Waals surface area (Å²) in [6, 6.07) is 38.5. The normalized spacial score (nSPS) is 13.0. The highest BCUT2D eigenvalue weighted by Gasteiger charge is 2.41. The summed E-state index contributed by atoms with van der Waals surface area (Å²) in [6.07, 6.45) is -2.78. The van der Waals surface area contributed by atoms with E-state index >= 15 is 0 Å². The van der Waals surface area contributed by atoms with Gasteiger partial charge in [-0.3, -0.25) is 9.78 Å². The Labute approximate surface area is 231 Å². The minimum absolute atomic E-state index is 0.189. The molecule has 0 saturated heterocycles. The Balaban J connectivity index is 1.71. The molecule has 0 bridgehead atoms. The molecule has 5 rings (SSSR count). The lowest BCUT2D eigenvalue weighted by Gasteiger charge is -2.37. The number of carbonyl (C=O) groups is 1. The van der Waals surface area contributed by atoms with E-state index in [-0.39, 0.29) is 17.9 Å². The standard InChI is InChI=1S/C34H27F3N2O/c35-34(36,37)29-20-12-19-28(23-29)33(30-21-10-11-22-38-30,24-25-13-4-1-5-14-25)39-32(40)31(26-15-6-2-7-16-26)27-17-8-3-9-18-27/h1-23,31H,24H2,(H,39,40). The van der Waals surface area contributed by atoms with Gasteiger partial charge >= 0.3 is 6.18 Å². The molecular formula is C34H27F3N2O. The van der Waals surface area contributed by atoms with Gasteiger partial charge in [0.05, 0.1) is 17.2 Å². The van der Waals surface area contributed by atoms with Crippen molar-refractivity contribution in [2.75, 3.05) is 0 Å². The number of pyridine rings is 1. The second-order valence-electron chi connectivity index (χ2n) is 9.60. The van der Waals surface area contributed by atoms with Gasteiger partial charge in [0.1, 0.15) is 5.54 Å². The van der Waals surface area contributed by atoms with Crippen LogP contribution in [0.5, 0.6) is 0 Å². The number of nitrogens with zero attached hydrogens (tertiary/aromatic N) is 1. The smallest absolute Gasteiger partial charge is 0.340 e. The van der Waals surface area contributed by atoms with Crippen LogP contribution in [0.2, 0.25) is 0 Å². The van der Waals surface area contributed by atoms with Crippen LogP contribution in [0.15, 0.2) is 140 Å². The van der Waals surface area contributed by atoms with Crippen LogP contribution in [-0.2, 0) is 22.9 Å². The Bertz CT molecular complexity index is 1500. The molecule has 4 aromatic carbocycles. The molecule has 0 spiro atoms. The summed E-state index contributed by atoms with van der Waals surface area (Å²) < 4.78 is 41.7. The Kier molecular flexibility index (Phi) is 7.78. The van der Waals surface area contributed by atoms with Gasteiger partial charge in [-0.1, -0.05) is 109 Å². The molecule has 6 heteroatoms. The number of rotatable bonds is 8. The Hall–Kier alpha value is -4.71. The number of carbonyl (C=O) groups excluding carboxylic acids is 1. The molecule has 3 nitrogen and oxygen atoms in total. The number of amides is 1. The van der Waals surface area contributed by atoms with E-state index < -0.39 is 23.2 Å². The lowest BCUT2D eigenvalue weighted by atomic mass is 9.78. The van der Waals surface area contributed by atoms with Crippen molar-refractivity contribution in [3.05, 3.63) is 173 Å². The predicted octanol–water partition coefficient (Wildman–Crippen LogP) is 7.54. The largest absolute Gasteiger partial charge is 0.416 e. The zero-order valence-electron chi connectivity index (χ0n) is 21.6. The molecule has 200 valence electrons. The quantitative estimate of drug-likeness (QED) is 0.223. The van der Waals surface area contributed by atoms with Gasteiger partial charge in [0.15, 0.2) is 0 Å². The molecule has 0 fully saturated rings. The summed E-state index contributed by atoms with van der Waals surface area (Å²) in [6.45, 7) is 0. The summed E-state index contributed by atoms with van der Waals surface area (Å²) in [5.74, 6) is -1.05. The molecule has 1 atom stereocenters. The molecule has 5 aromatic rings. The van der Waals surface area contributed by atoms with Gasteiger partial charge in [0, 0.05) is 12.6 Å². The summed E-state index contributed by atoms with van der Waals surface area (Å²) in [5, 5.41) is 3.22. The van der Waals surface area contributed by atoms with Crippen molar-refractivity contribution in [2.45, 2.75) is 24.1 Å². The third kappa shape index (κ3) is 5.81. The maximum Gasteiger partial charge on any atom is 0.416 e. The average molecular weight is 537 g/mol. The van der Waals surface area contributed by atoms with Gasteiger partial charge in [0.2, 0.25) is 5.91 Å². The fraction of sp³-hybridized carbons (Fsp3) is 0.118. The second-order valence-corrected chi connectivity index (χ2v) is 9.60. The number of nitrogens with one attached hydrogen (secondary N) is 1. The number of hydrogen-bond acceptors (Lipinski definition) is 2. The van der Waals surface area contributed by atoms with E-state index in [0.29, 0.717) is 5.69 Å². The first-order valence-electron chi connectivity index (χ1n) is 12.9. The molecule has 40 heavy (non-hydrogen) atoms. The third-order valence-corrected chi connectivity index (χ3v) is 6.96. The molecule has 1 aromatic heterocycles. The van der Waals surface area contributed by atoms with Crippen molar-refractivity contribution in [2.24, 2.45) is 0 Å². The first kappa shape index (κ1) is 26.9. The molecule has 1 unspecified atom stereocenters. The lowest BCUT2D eigenvalue weighted by Crippen LogP contribution is -2.50. The fourth-order valence-electron chi connectivity index (χ4n) is 5.07. The molecule has 1 amide bonds. The molecule has 0 aliphatic rings. The highest BCUT2D eigenvalue weighted by Crippen LogP contribution is 2.38. The van der Waals surface area contributed by atoms with Crippen molar-refractivity contribution >= 4 is 5.91 Å². The summed E-state index contributed by atoms with van der Waals surface area (Å²) in [5.41, 5.74) is 0.902. The maximum absolute atomic E-state index is 14.4. The highest BCUT2D eigenvalue weighted by atomic mass is 19.4. The fourth-order valence-corrected chi connectivity index (χ4v) is 5.07. The van der Waals surface area contributed by atoms with E-state index in [2.05, 4.69) is 10.3 Å². The van der Waals surface area contributed by atoms with Crippen LogP contribution in [0.4, 0.5) is 13.2 Å². The van der Waals surface area contributed by atoms with Crippen molar-refractivity contribution in [3.63, 3.8) is 0 Å². The van der Waals surface area contributed by atoms with E-state index in [0.717, 1.165) is 28.8 Å². The van der Waals surface area contributed by atoms with Gasteiger partial charge in [-0.15, -0.1) is 0 Å². The van der Waals surface area contributed by atoms with Crippen LogP contribution in [0.1, 0.15) is 39.4 Å². The lowest BCUT2D eigenvalue weighted by molar-refractivity contribution is -0.137. The number of alkyl halides is 3. The van der Waals surface area contributed by atoms with Crippen LogP contribution < -0.4 is 5.32 Å². The number of halogens is 3. The Morgan fingerprint density at radius 3 is 1.77 bits per heavy atom. The van der Waals surface area contributed by atoms with Crippen molar-refractivity contribution in [1.29, 1.82) is 0 Å². The average Bonchev–Trinajstić information content (AvgIpc) is 2.99. The van der Waals surface area contributed by atoms with E-state index in [9.17, 15) is 18.0 Å². The number of hydrogen-bond donors (Lipinski definition) is 1. The highest BCUT2D eigenvalue weighted by molar-refractivity contribution is 5.88. The van der Waals surface area contributed by atoms with E-state index in [1.807, 2.05) is 91.0 Å². The topological polar surface area (TPSA) is 42.0 Å². The van der Waals surface area contributed by atoms with Crippen LogP contribution in [0.25, 0.3) is 0 Å². The van der Waals surface area contributed by atoms with Crippen LogP contribution >= 0.6 is 0 Å². The van der Waals surface area contributed by atoms with E-state index in [4.69, 9.17) is 0 Å². The van der Waals surface area contributed by atoms with Crippen molar-refractivity contribution < 1.29 is 18.0 Å². The van der Waals surface area contributed by atoms with E-state index in [1.54, 1.807) is 30.5 Å². The third-order valence-electron chi connectivity index (χ3n) is 6.96. The molecule has 0 aliphatic carbocycles. The van der Waals surface area contributed by atoms with Crippen LogP contribution in [0.3, 0.4) is 0 Å². The Morgan fingerprint density at radius 1 is 0.675 bits per heavy atom. The first-order valence-corrected chi connectivity index (χ1v) is 12.9. The zero-order chi connectivity index (χ0) is 28.0. The zero-order valence-corrected chi connectivity index (χ0v) is 21.6. The summed E-state index contributed by atoms with van der Waals surface area (Å²) in [7, 11) is 0. The van der Waals surface area contributed by atoms with Crippen molar-refractivity contribution in [3.8, 4) is 0 Å². The van der Waals surface area contributed by atoms with Crippen LogP contribution in [0, 0.1) is 0 Å². The molecule has 1 heterocycles. The Morgan fingerprint density at radius 2 is 1.23 bits per heavy atom. The van der Waals surface area contributed by atoms with Crippen molar-refractivity contribution in [1.82, 2.24) is 10.3 Å². The van der Waals surface area contributed by atoms with E-state index in [1.165, 1.54) is 6.07 Å². The van der Waals surface area contributed by atoms with Gasteiger partial charge in [0.25, 0.3) is 0 Å².